The minimum atomic E-state index is 0.265. The van der Waals surface area contributed by atoms with Crippen LogP contribution in [0.3, 0.4) is 0 Å². The van der Waals surface area contributed by atoms with Crippen molar-refractivity contribution in [3.05, 3.63) is 52.0 Å². The summed E-state index contributed by atoms with van der Waals surface area (Å²) in [5.41, 5.74) is 2.54. The fourth-order valence-electron chi connectivity index (χ4n) is 3.24. The molecule has 5 heteroatoms. The average Bonchev–Trinajstić information content (AvgIpc) is 2.84. The fraction of sp³-hybridized carbons (Fsp3) is 0.526. The van der Waals surface area contributed by atoms with Crippen molar-refractivity contribution in [2.24, 2.45) is 0 Å². The highest BCUT2D eigenvalue weighted by Crippen LogP contribution is 2.14. The third kappa shape index (κ3) is 5.38. The molecule has 0 radical (unpaired) electrons. The van der Waals surface area contributed by atoms with E-state index in [1.807, 2.05) is 0 Å². The maximum Gasteiger partial charge on any atom is 0.0897 e. The van der Waals surface area contributed by atoms with Gasteiger partial charge >= 0.3 is 0 Å². The van der Waals surface area contributed by atoms with E-state index in [1.54, 1.807) is 11.3 Å². The lowest BCUT2D eigenvalue weighted by Gasteiger charge is -2.27. The molecular formula is C19H27N3OS. The van der Waals surface area contributed by atoms with E-state index < -0.39 is 0 Å². The Balaban J connectivity index is 1.52. The normalized spacial score (nSPS) is 19.5. The van der Waals surface area contributed by atoms with Gasteiger partial charge in [-0.3, -0.25) is 9.80 Å². The average molecular weight is 346 g/mol. The Bertz CT molecular complexity index is 616. The molecule has 0 amide bonds. The number of likely N-dealkylation sites (N-methyl/N-ethyl adjacent to an activating group) is 1. The lowest BCUT2D eigenvalue weighted by molar-refractivity contribution is 0.0296. The lowest BCUT2D eigenvalue weighted by Crippen LogP contribution is -2.38. The maximum absolute atomic E-state index is 6.08. The second kappa shape index (κ2) is 8.72. The van der Waals surface area contributed by atoms with Crippen LogP contribution in [0.2, 0.25) is 0 Å². The van der Waals surface area contributed by atoms with Crippen molar-refractivity contribution in [3.63, 3.8) is 0 Å². The highest BCUT2D eigenvalue weighted by molar-refractivity contribution is 7.09. The zero-order valence-corrected chi connectivity index (χ0v) is 15.5. The Labute approximate surface area is 149 Å². The summed E-state index contributed by atoms with van der Waals surface area (Å²) in [6.45, 7) is 7.87. The van der Waals surface area contributed by atoms with Gasteiger partial charge < -0.3 is 4.74 Å². The quantitative estimate of drug-likeness (QED) is 0.804. The second-order valence-electron chi connectivity index (χ2n) is 6.62. The van der Waals surface area contributed by atoms with Gasteiger partial charge in [-0.05, 0) is 26.0 Å². The largest absolute Gasteiger partial charge is 0.376 e. The van der Waals surface area contributed by atoms with Gasteiger partial charge in [-0.1, -0.05) is 30.3 Å². The zero-order chi connectivity index (χ0) is 16.8. The number of ether oxygens (including phenoxy) is 1. The molecule has 0 N–H and O–H groups in total. The van der Waals surface area contributed by atoms with Crippen LogP contribution in [0.25, 0.3) is 0 Å². The van der Waals surface area contributed by atoms with Gasteiger partial charge in [0.25, 0.3) is 0 Å². The number of nitrogens with zero attached hydrogens (tertiary/aromatic N) is 3. The molecule has 1 atom stereocenters. The summed E-state index contributed by atoms with van der Waals surface area (Å²) in [5.74, 6) is 0. The van der Waals surface area contributed by atoms with Gasteiger partial charge in [-0.25, -0.2) is 4.98 Å². The van der Waals surface area contributed by atoms with Gasteiger partial charge in [0, 0.05) is 44.7 Å². The van der Waals surface area contributed by atoms with E-state index in [2.05, 4.69) is 64.5 Å². The van der Waals surface area contributed by atoms with Crippen molar-refractivity contribution in [2.75, 3.05) is 33.3 Å². The number of hydrogen-bond acceptors (Lipinski definition) is 5. The van der Waals surface area contributed by atoms with E-state index in [1.165, 1.54) is 5.56 Å². The molecular weight excluding hydrogens is 318 g/mol. The molecule has 0 saturated carbocycles. The minimum absolute atomic E-state index is 0.265. The number of hydrogen-bond donors (Lipinski definition) is 0. The van der Waals surface area contributed by atoms with Gasteiger partial charge in [-0.15, -0.1) is 11.3 Å². The monoisotopic (exact) mass is 345 g/mol. The topological polar surface area (TPSA) is 28.6 Å². The van der Waals surface area contributed by atoms with Crippen LogP contribution < -0.4 is 0 Å². The van der Waals surface area contributed by atoms with E-state index in [0.29, 0.717) is 0 Å². The molecule has 2 heterocycles. The number of benzene rings is 1. The van der Waals surface area contributed by atoms with Crippen molar-refractivity contribution in [3.8, 4) is 0 Å². The molecule has 1 aromatic heterocycles. The second-order valence-corrected chi connectivity index (χ2v) is 7.68. The summed E-state index contributed by atoms with van der Waals surface area (Å²) >= 11 is 1.72. The lowest BCUT2D eigenvalue weighted by atomic mass is 10.2. The molecule has 1 fully saturated rings. The van der Waals surface area contributed by atoms with E-state index in [-0.39, 0.29) is 6.10 Å². The minimum Gasteiger partial charge on any atom is -0.376 e. The number of rotatable bonds is 6. The Hall–Kier alpha value is -1.27. The van der Waals surface area contributed by atoms with Crippen molar-refractivity contribution in [2.45, 2.75) is 32.5 Å². The summed E-state index contributed by atoms with van der Waals surface area (Å²) < 4.78 is 6.08. The molecule has 4 nitrogen and oxygen atoms in total. The van der Waals surface area contributed by atoms with Gasteiger partial charge in [-0.2, -0.15) is 0 Å². The summed E-state index contributed by atoms with van der Waals surface area (Å²) in [5, 5.41) is 3.29. The van der Waals surface area contributed by atoms with Crippen molar-refractivity contribution in [1.29, 1.82) is 0 Å². The van der Waals surface area contributed by atoms with Gasteiger partial charge in [0.1, 0.15) is 0 Å². The highest BCUT2D eigenvalue weighted by atomic mass is 32.1. The number of aryl methyl sites for hydroxylation is 1. The van der Waals surface area contributed by atoms with Crippen molar-refractivity contribution < 1.29 is 4.74 Å². The van der Waals surface area contributed by atoms with Crippen LogP contribution in [-0.4, -0.2) is 54.2 Å². The predicted octanol–water partition coefficient (Wildman–Crippen LogP) is 3.17. The highest BCUT2D eigenvalue weighted by Gasteiger charge is 2.20. The van der Waals surface area contributed by atoms with Crippen LogP contribution in [-0.2, 0) is 17.8 Å². The first kappa shape index (κ1) is 17.5. The van der Waals surface area contributed by atoms with Gasteiger partial charge in [0.2, 0.25) is 0 Å². The van der Waals surface area contributed by atoms with Gasteiger partial charge in [0.05, 0.1) is 16.8 Å². The number of aromatic nitrogens is 1. The third-order valence-electron chi connectivity index (χ3n) is 4.30. The first-order valence-electron chi connectivity index (χ1n) is 8.66. The van der Waals surface area contributed by atoms with Crippen LogP contribution in [0.15, 0.2) is 35.7 Å². The summed E-state index contributed by atoms with van der Waals surface area (Å²) in [6, 6.07) is 10.7. The molecule has 1 saturated heterocycles. The van der Waals surface area contributed by atoms with E-state index in [9.17, 15) is 0 Å². The third-order valence-corrected chi connectivity index (χ3v) is 5.12. The molecule has 24 heavy (non-hydrogen) atoms. The first-order valence-corrected chi connectivity index (χ1v) is 9.54. The predicted molar refractivity (Wildman–Crippen MR) is 99.3 cm³/mol. The summed E-state index contributed by atoms with van der Waals surface area (Å²) in [7, 11) is 2.16. The van der Waals surface area contributed by atoms with Crippen LogP contribution in [0, 0.1) is 6.92 Å². The molecule has 1 aliphatic heterocycles. The van der Waals surface area contributed by atoms with Gasteiger partial charge in [0.15, 0.2) is 0 Å². The zero-order valence-electron chi connectivity index (χ0n) is 14.6. The summed E-state index contributed by atoms with van der Waals surface area (Å²) in [4.78, 5) is 9.40. The molecule has 0 spiro atoms. The van der Waals surface area contributed by atoms with Crippen LogP contribution >= 0.6 is 11.3 Å². The Morgan fingerprint density at radius 3 is 2.92 bits per heavy atom. The molecule has 3 rings (SSSR count). The van der Waals surface area contributed by atoms with E-state index in [4.69, 9.17) is 4.74 Å². The summed E-state index contributed by atoms with van der Waals surface area (Å²) in [6.07, 6.45) is 1.37. The van der Waals surface area contributed by atoms with Crippen molar-refractivity contribution >= 4 is 11.3 Å². The molecule has 130 valence electrons. The Morgan fingerprint density at radius 1 is 1.33 bits per heavy atom. The smallest absolute Gasteiger partial charge is 0.0897 e. The number of thiazole rings is 1. The standard InChI is InChI=1S/C19H27N3OS/c1-16-20-18(15-24-16)12-21(2)13-19-14-22(9-6-10-23-19)11-17-7-4-3-5-8-17/h3-5,7-8,15,19H,6,9-14H2,1-2H3. The molecule has 1 aromatic carbocycles. The SMILES string of the molecule is Cc1nc(CN(C)CC2CN(Cc3ccccc3)CCCO2)cs1. The molecule has 1 aliphatic rings. The molecule has 0 bridgehead atoms. The van der Waals surface area contributed by atoms with Crippen LogP contribution in [0.4, 0.5) is 0 Å². The van der Waals surface area contributed by atoms with Crippen LogP contribution in [0.1, 0.15) is 22.7 Å². The fourth-order valence-corrected chi connectivity index (χ4v) is 3.84. The molecule has 1 unspecified atom stereocenters. The van der Waals surface area contributed by atoms with Crippen LogP contribution in [0.5, 0.6) is 0 Å². The Kier molecular flexibility index (Phi) is 6.37. The molecule has 2 aromatic rings. The van der Waals surface area contributed by atoms with E-state index >= 15 is 0 Å². The first-order chi connectivity index (χ1) is 11.7. The maximum atomic E-state index is 6.08. The van der Waals surface area contributed by atoms with Crippen molar-refractivity contribution in [1.82, 2.24) is 14.8 Å². The molecule has 0 aliphatic carbocycles. The Morgan fingerprint density at radius 2 is 2.17 bits per heavy atom. The van der Waals surface area contributed by atoms with E-state index in [0.717, 1.165) is 56.5 Å².